The lowest BCUT2D eigenvalue weighted by Gasteiger charge is -2.52. The minimum absolute atomic E-state index is 0.0357. The first-order valence-corrected chi connectivity index (χ1v) is 17.8. The van der Waals surface area contributed by atoms with Crippen molar-refractivity contribution in [2.75, 3.05) is 33.7 Å². The zero-order chi connectivity index (χ0) is 31.6. The molecule has 11 heteroatoms. The quantitative estimate of drug-likeness (QED) is 0.424. The van der Waals surface area contributed by atoms with E-state index in [2.05, 4.69) is 17.1 Å². The van der Waals surface area contributed by atoms with Crippen molar-refractivity contribution in [3.05, 3.63) is 41.2 Å². The molecule has 2 saturated heterocycles. The number of hydrogen-bond donors (Lipinski definition) is 1. The number of aromatic nitrogens is 2. The molecule has 3 aliphatic rings. The summed E-state index contributed by atoms with van der Waals surface area (Å²) in [6.07, 6.45) is 9.96. The van der Waals surface area contributed by atoms with E-state index in [1.165, 1.54) is 37.7 Å². The summed E-state index contributed by atoms with van der Waals surface area (Å²) in [7, 11) is -0.457. The number of carbonyl (C=O) groups excluding carboxylic acids is 2. The first-order chi connectivity index (χ1) is 21.0. The first-order valence-electron chi connectivity index (χ1n) is 16.4. The maximum absolute atomic E-state index is 13.9. The Morgan fingerprint density at radius 3 is 2.30 bits per heavy atom. The molecule has 2 aliphatic heterocycles. The predicted molar refractivity (Wildman–Crippen MR) is 171 cm³/mol. The lowest BCUT2D eigenvalue weighted by atomic mass is 9.79. The Morgan fingerprint density at radius 2 is 1.68 bits per heavy atom. The number of hydrogen-bond acceptors (Lipinski definition) is 6. The molecule has 0 radical (unpaired) electrons. The second-order valence-electron chi connectivity index (χ2n) is 13.3. The van der Waals surface area contributed by atoms with Crippen molar-refractivity contribution in [1.29, 1.82) is 0 Å². The third-order valence-corrected chi connectivity index (χ3v) is 12.0. The summed E-state index contributed by atoms with van der Waals surface area (Å²) in [4.78, 5) is 32.3. The van der Waals surface area contributed by atoms with E-state index in [1.807, 2.05) is 23.4 Å². The largest absolute Gasteiger partial charge is 0.342 e. The van der Waals surface area contributed by atoms with Gasteiger partial charge in [-0.1, -0.05) is 45.4 Å². The van der Waals surface area contributed by atoms with Gasteiger partial charge >= 0.3 is 0 Å². The number of piperazine rings is 1. The fourth-order valence-corrected chi connectivity index (χ4v) is 8.26. The minimum atomic E-state index is -3.50. The summed E-state index contributed by atoms with van der Waals surface area (Å²) >= 11 is 0. The maximum Gasteiger partial charge on any atom is 0.246 e. The van der Waals surface area contributed by atoms with Gasteiger partial charge in [0.1, 0.15) is 11.6 Å². The summed E-state index contributed by atoms with van der Waals surface area (Å²) < 4.78 is 28.1. The average molecular weight is 627 g/mol. The van der Waals surface area contributed by atoms with Crippen LogP contribution in [0.4, 0.5) is 0 Å². The first kappa shape index (κ1) is 32.6. The molecule has 1 N–H and O–H groups in total. The van der Waals surface area contributed by atoms with E-state index in [4.69, 9.17) is 5.10 Å². The lowest BCUT2D eigenvalue weighted by Crippen LogP contribution is -2.73. The molecule has 242 valence electrons. The molecule has 1 unspecified atom stereocenters. The molecule has 2 aromatic rings. The van der Waals surface area contributed by atoms with E-state index in [9.17, 15) is 18.0 Å². The maximum atomic E-state index is 13.9. The van der Waals surface area contributed by atoms with Gasteiger partial charge in [0.25, 0.3) is 0 Å². The van der Waals surface area contributed by atoms with Crippen LogP contribution in [0.25, 0.3) is 5.69 Å². The highest BCUT2D eigenvalue weighted by molar-refractivity contribution is 7.89. The SMILES string of the molecule is CCCCN1C(=O)C(CC2CCCCC2)NC(=O)C12CCN(Cc1c(C)nn(-c3ccc(S(=O)(=O)N(C)C)cc3)c1C)CC2. The van der Waals surface area contributed by atoms with E-state index in [1.54, 1.807) is 24.3 Å². The van der Waals surface area contributed by atoms with E-state index in [0.717, 1.165) is 67.8 Å². The monoisotopic (exact) mass is 626 g/mol. The minimum Gasteiger partial charge on any atom is -0.342 e. The Morgan fingerprint density at radius 1 is 1.02 bits per heavy atom. The molecule has 1 saturated carbocycles. The third kappa shape index (κ3) is 6.33. The topological polar surface area (TPSA) is 108 Å². The summed E-state index contributed by atoms with van der Waals surface area (Å²) in [5.41, 5.74) is 3.10. The van der Waals surface area contributed by atoms with Crippen molar-refractivity contribution >= 4 is 21.8 Å². The van der Waals surface area contributed by atoms with E-state index in [-0.39, 0.29) is 22.8 Å². The number of nitrogens with zero attached hydrogens (tertiary/aromatic N) is 5. The van der Waals surface area contributed by atoms with Crippen LogP contribution in [0.3, 0.4) is 0 Å². The highest BCUT2D eigenvalue weighted by Gasteiger charge is 2.53. The van der Waals surface area contributed by atoms with E-state index in [0.29, 0.717) is 31.8 Å². The van der Waals surface area contributed by atoms with Gasteiger partial charge in [0.05, 0.1) is 16.3 Å². The number of carbonyl (C=O) groups is 2. The van der Waals surface area contributed by atoms with Crippen LogP contribution in [-0.4, -0.2) is 89.4 Å². The number of benzene rings is 1. The van der Waals surface area contributed by atoms with Crippen molar-refractivity contribution in [1.82, 2.24) is 29.2 Å². The second kappa shape index (κ2) is 13.3. The molecule has 0 bridgehead atoms. The van der Waals surface area contributed by atoms with Crippen molar-refractivity contribution in [2.24, 2.45) is 5.92 Å². The standard InChI is InChI=1S/C33H50N6O4S/c1-6-7-19-38-31(40)30(22-26-11-9-8-10-12-26)34-32(41)33(38)17-20-37(21-18-33)23-29-24(2)35-39(25(29)3)27-13-15-28(16-14-27)44(42,43)36(4)5/h13-16,26,30H,6-12,17-23H2,1-5H3,(H,34,41). The van der Waals surface area contributed by atoms with Crippen molar-refractivity contribution in [2.45, 2.75) is 108 Å². The molecule has 1 aliphatic carbocycles. The van der Waals surface area contributed by atoms with Crippen LogP contribution in [-0.2, 0) is 26.2 Å². The summed E-state index contributed by atoms with van der Waals surface area (Å²) in [6.45, 7) is 8.96. The zero-order valence-corrected chi connectivity index (χ0v) is 28.0. The molecule has 5 rings (SSSR count). The Bertz CT molecular complexity index is 1440. The van der Waals surface area contributed by atoms with Crippen LogP contribution in [0, 0.1) is 19.8 Å². The number of likely N-dealkylation sites (tertiary alicyclic amines) is 1. The molecule has 3 heterocycles. The van der Waals surface area contributed by atoms with Crippen molar-refractivity contribution in [3.8, 4) is 5.69 Å². The molecule has 1 atom stereocenters. The van der Waals surface area contributed by atoms with Crippen LogP contribution >= 0.6 is 0 Å². The highest BCUT2D eigenvalue weighted by Crippen LogP contribution is 2.36. The zero-order valence-electron chi connectivity index (χ0n) is 27.1. The number of unbranched alkanes of at least 4 members (excludes halogenated alkanes) is 1. The Hall–Kier alpha value is -2.76. The number of rotatable bonds is 10. The summed E-state index contributed by atoms with van der Waals surface area (Å²) in [5.74, 6) is 0.682. The fraction of sp³-hybridized carbons (Fsp3) is 0.667. The van der Waals surface area contributed by atoms with Crippen LogP contribution < -0.4 is 5.32 Å². The van der Waals surface area contributed by atoms with Gasteiger partial charge in [-0.25, -0.2) is 17.4 Å². The molecular weight excluding hydrogens is 576 g/mol. The highest BCUT2D eigenvalue weighted by atomic mass is 32.2. The molecule has 1 spiro atoms. The molecule has 44 heavy (non-hydrogen) atoms. The van der Waals surface area contributed by atoms with E-state index < -0.39 is 15.6 Å². The summed E-state index contributed by atoms with van der Waals surface area (Å²) in [6, 6.07) is 6.42. The van der Waals surface area contributed by atoms with Gasteiger partial charge in [0.2, 0.25) is 21.8 Å². The van der Waals surface area contributed by atoms with Gasteiger partial charge in [-0.2, -0.15) is 5.10 Å². The van der Waals surface area contributed by atoms with E-state index >= 15 is 0 Å². The Balaban J connectivity index is 1.28. The van der Waals surface area contributed by atoms with Gasteiger partial charge < -0.3 is 10.2 Å². The molecule has 2 amide bonds. The Kier molecular flexibility index (Phi) is 9.87. The third-order valence-electron chi connectivity index (χ3n) is 10.2. The molecular formula is C33H50N6O4S. The predicted octanol–water partition coefficient (Wildman–Crippen LogP) is 4.17. The van der Waals surface area contributed by atoms with Crippen molar-refractivity contribution < 1.29 is 18.0 Å². The number of aryl methyl sites for hydroxylation is 1. The number of amides is 2. The number of piperidine rings is 1. The molecule has 10 nitrogen and oxygen atoms in total. The lowest BCUT2D eigenvalue weighted by molar-refractivity contribution is -0.162. The van der Waals surface area contributed by atoms with Gasteiger partial charge in [-0.05, 0) is 69.7 Å². The second-order valence-corrected chi connectivity index (χ2v) is 15.4. The summed E-state index contributed by atoms with van der Waals surface area (Å²) in [5, 5.41) is 7.99. The van der Waals surface area contributed by atoms with Crippen LogP contribution in [0.1, 0.15) is 88.1 Å². The molecule has 1 aromatic heterocycles. The average Bonchev–Trinajstić information content (AvgIpc) is 3.29. The van der Waals surface area contributed by atoms with Crippen LogP contribution in [0.5, 0.6) is 0 Å². The normalized spacial score (nSPS) is 21.8. The van der Waals surface area contributed by atoms with Gasteiger partial charge in [-0.3, -0.25) is 14.5 Å². The molecule has 1 aromatic carbocycles. The number of sulfonamides is 1. The number of nitrogens with one attached hydrogen (secondary N) is 1. The smallest absolute Gasteiger partial charge is 0.246 e. The van der Waals surface area contributed by atoms with Gasteiger partial charge in [0.15, 0.2) is 0 Å². The molecule has 3 fully saturated rings. The van der Waals surface area contributed by atoms with Crippen molar-refractivity contribution in [3.63, 3.8) is 0 Å². The van der Waals surface area contributed by atoms with Gasteiger partial charge in [0, 0.05) is 51.5 Å². The van der Waals surface area contributed by atoms with Gasteiger partial charge in [-0.15, -0.1) is 0 Å². The van der Waals surface area contributed by atoms with Crippen LogP contribution in [0.15, 0.2) is 29.2 Å². The van der Waals surface area contributed by atoms with Crippen LogP contribution in [0.2, 0.25) is 0 Å². The fourth-order valence-electron chi connectivity index (χ4n) is 7.36. The Labute approximate surface area is 263 Å².